The van der Waals surface area contributed by atoms with Crippen molar-refractivity contribution >= 4 is 15.9 Å². The molecule has 19 heavy (non-hydrogen) atoms. The van der Waals surface area contributed by atoms with E-state index < -0.39 is 6.10 Å². The number of aliphatic hydroxyl groups is 1. The van der Waals surface area contributed by atoms with Crippen molar-refractivity contribution < 1.29 is 9.84 Å². The molecule has 4 nitrogen and oxygen atoms in total. The summed E-state index contributed by atoms with van der Waals surface area (Å²) in [5.41, 5.74) is 1.97. The zero-order valence-electron chi connectivity index (χ0n) is 10.8. The third kappa shape index (κ3) is 3.52. The van der Waals surface area contributed by atoms with Crippen LogP contribution in [0.3, 0.4) is 0 Å². The van der Waals surface area contributed by atoms with Gasteiger partial charge in [-0.1, -0.05) is 6.07 Å². The van der Waals surface area contributed by atoms with Gasteiger partial charge in [-0.05, 0) is 46.1 Å². The molecule has 1 aromatic heterocycles. The van der Waals surface area contributed by atoms with Gasteiger partial charge >= 0.3 is 0 Å². The number of halogens is 1. The molecule has 1 N–H and O–H groups in total. The highest BCUT2D eigenvalue weighted by molar-refractivity contribution is 9.10. The molecule has 0 saturated carbocycles. The lowest BCUT2D eigenvalue weighted by molar-refractivity contribution is 0.168. The molecule has 0 aliphatic rings. The lowest BCUT2D eigenvalue weighted by Gasteiger charge is -2.11. The van der Waals surface area contributed by atoms with Crippen molar-refractivity contribution in [3.8, 4) is 5.75 Å². The monoisotopic (exact) mass is 322 g/mol. The van der Waals surface area contributed by atoms with Gasteiger partial charge in [0.15, 0.2) is 5.82 Å². The molecule has 100 valence electrons. The maximum Gasteiger partial charge on any atom is 0.157 e. The molecule has 1 aromatic carbocycles. The maximum absolute atomic E-state index is 10.1. The number of nitrogens with zero attached hydrogens (tertiary/aromatic N) is 2. The smallest absolute Gasteiger partial charge is 0.157 e. The molecular formula is C14H15BrN2O2. The van der Waals surface area contributed by atoms with E-state index in [1.54, 1.807) is 19.5 Å². The molecule has 1 heterocycles. The fourth-order valence-corrected chi connectivity index (χ4v) is 2.31. The Morgan fingerprint density at radius 3 is 2.58 bits per heavy atom. The standard InChI is InChI=1S/C14H15BrN2O2/c1-9-7-16-14(17-8-9)12(18)6-10-3-4-13(19-2)11(15)5-10/h3-5,7-8,12,18H,6H2,1-2H3. The zero-order chi connectivity index (χ0) is 13.8. The Hall–Kier alpha value is -1.46. The quantitative estimate of drug-likeness (QED) is 0.940. The Morgan fingerprint density at radius 2 is 2.00 bits per heavy atom. The van der Waals surface area contributed by atoms with Gasteiger partial charge in [0.1, 0.15) is 11.9 Å². The van der Waals surface area contributed by atoms with E-state index in [2.05, 4.69) is 25.9 Å². The molecule has 1 atom stereocenters. The predicted octanol–water partition coefficient (Wildman–Crippen LogP) is 2.83. The molecule has 0 saturated heterocycles. The Bertz CT molecular complexity index is 558. The molecule has 0 amide bonds. The third-order valence-corrected chi connectivity index (χ3v) is 3.36. The van der Waals surface area contributed by atoms with Crippen LogP contribution in [0.4, 0.5) is 0 Å². The second kappa shape index (κ2) is 6.12. The van der Waals surface area contributed by atoms with Crippen LogP contribution in [0.25, 0.3) is 0 Å². The van der Waals surface area contributed by atoms with E-state index in [0.717, 1.165) is 21.3 Å². The van der Waals surface area contributed by atoms with Gasteiger partial charge in [-0.3, -0.25) is 0 Å². The minimum atomic E-state index is -0.708. The van der Waals surface area contributed by atoms with Gasteiger partial charge in [0.05, 0.1) is 11.6 Å². The predicted molar refractivity (Wildman–Crippen MR) is 76.1 cm³/mol. The van der Waals surface area contributed by atoms with Gasteiger partial charge in [-0.15, -0.1) is 0 Å². The number of aromatic nitrogens is 2. The van der Waals surface area contributed by atoms with E-state index in [9.17, 15) is 5.11 Å². The van der Waals surface area contributed by atoms with Gasteiger partial charge in [0, 0.05) is 18.8 Å². The maximum atomic E-state index is 10.1. The van der Waals surface area contributed by atoms with Gasteiger partial charge in [0.2, 0.25) is 0 Å². The Kier molecular flexibility index (Phi) is 4.50. The SMILES string of the molecule is COc1ccc(CC(O)c2ncc(C)cn2)cc1Br. The van der Waals surface area contributed by atoms with Crippen molar-refractivity contribution in [2.75, 3.05) is 7.11 Å². The summed E-state index contributed by atoms with van der Waals surface area (Å²) in [5, 5.41) is 10.1. The summed E-state index contributed by atoms with van der Waals surface area (Å²) in [6.07, 6.45) is 3.16. The number of hydrogen-bond acceptors (Lipinski definition) is 4. The third-order valence-electron chi connectivity index (χ3n) is 2.74. The van der Waals surface area contributed by atoms with Gasteiger partial charge in [-0.2, -0.15) is 0 Å². The van der Waals surface area contributed by atoms with E-state index in [-0.39, 0.29) is 0 Å². The Balaban J connectivity index is 2.12. The number of rotatable bonds is 4. The number of aliphatic hydroxyl groups excluding tert-OH is 1. The lowest BCUT2D eigenvalue weighted by Crippen LogP contribution is -2.06. The minimum absolute atomic E-state index is 0.442. The first kappa shape index (κ1) is 14.0. The summed E-state index contributed by atoms with van der Waals surface area (Å²) in [5.74, 6) is 1.21. The largest absolute Gasteiger partial charge is 0.496 e. The van der Waals surface area contributed by atoms with E-state index in [0.29, 0.717) is 12.2 Å². The van der Waals surface area contributed by atoms with Gasteiger partial charge in [-0.25, -0.2) is 9.97 Å². The summed E-state index contributed by atoms with van der Waals surface area (Å²) in [4.78, 5) is 8.27. The molecular weight excluding hydrogens is 308 g/mol. The lowest BCUT2D eigenvalue weighted by atomic mass is 10.1. The van der Waals surface area contributed by atoms with Crippen LogP contribution in [0, 0.1) is 6.92 Å². The molecule has 0 aliphatic carbocycles. The van der Waals surface area contributed by atoms with Crippen LogP contribution in [0.2, 0.25) is 0 Å². The summed E-state index contributed by atoms with van der Waals surface area (Å²) < 4.78 is 6.03. The van der Waals surface area contributed by atoms with Crippen LogP contribution in [0.1, 0.15) is 23.1 Å². The van der Waals surface area contributed by atoms with Crippen molar-refractivity contribution in [2.45, 2.75) is 19.4 Å². The highest BCUT2D eigenvalue weighted by Crippen LogP contribution is 2.27. The van der Waals surface area contributed by atoms with E-state index in [1.807, 2.05) is 25.1 Å². The normalized spacial score (nSPS) is 12.2. The van der Waals surface area contributed by atoms with Crippen LogP contribution >= 0.6 is 15.9 Å². The van der Waals surface area contributed by atoms with Crippen LogP contribution in [0.5, 0.6) is 5.75 Å². The average molecular weight is 323 g/mol. The van der Waals surface area contributed by atoms with Crippen LogP contribution in [0.15, 0.2) is 35.1 Å². The number of ether oxygens (including phenoxy) is 1. The van der Waals surface area contributed by atoms with Crippen LogP contribution < -0.4 is 4.74 Å². The van der Waals surface area contributed by atoms with Crippen LogP contribution in [-0.2, 0) is 6.42 Å². The Morgan fingerprint density at radius 1 is 1.32 bits per heavy atom. The van der Waals surface area contributed by atoms with E-state index >= 15 is 0 Å². The first-order valence-corrected chi connectivity index (χ1v) is 6.68. The summed E-state index contributed by atoms with van der Waals surface area (Å²) in [6.45, 7) is 1.91. The van der Waals surface area contributed by atoms with Crippen LogP contribution in [-0.4, -0.2) is 22.2 Å². The zero-order valence-corrected chi connectivity index (χ0v) is 12.4. The Labute approximate surface area is 120 Å². The van der Waals surface area contributed by atoms with E-state index in [4.69, 9.17) is 4.74 Å². The molecule has 1 unspecified atom stereocenters. The highest BCUT2D eigenvalue weighted by Gasteiger charge is 2.12. The molecule has 0 radical (unpaired) electrons. The molecule has 0 bridgehead atoms. The first-order chi connectivity index (χ1) is 9.10. The van der Waals surface area contributed by atoms with Crippen molar-refractivity contribution in [1.29, 1.82) is 0 Å². The minimum Gasteiger partial charge on any atom is -0.496 e. The van der Waals surface area contributed by atoms with Gasteiger partial charge < -0.3 is 9.84 Å². The molecule has 0 spiro atoms. The number of methoxy groups -OCH3 is 1. The van der Waals surface area contributed by atoms with Gasteiger partial charge in [0.25, 0.3) is 0 Å². The topological polar surface area (TPSA) is 55.2 Å². The highest BCUT2D eigenvalue weighted by atomic mass is 79.9. The fourth-order valence-electron chi connectivity index (χ4n) is 1.73. The average Bonchev–Trinajstić information content (AvgIpc) is 2.39. The summed E-state index contributed by atoms with van der Waals surface area (Å²) in [6, 6.07) is 5.71. The molecule has 2 rings (SSSR count). The number of hydrogen-bond donors (Lipinski definition) is 1. The summed E-state index contributed by atoms with van der Waals surface area (Å²) >= 11 is 3.43. The van der Waals surface area contributed by atoms with Crippen molar-refractivity contribution in [3.05, 3.63) is 52.0 Å². The van der Waals surface area contributed by atoms with Crippen molar-refractivity contribution in [3.63, 3.8) is 0 Å². The van der Waals surface area contributed by atoms with Crippen molar-refractivity contribution in [2.24, 2.45) is 0 Å². The summed E-state index contributed by atoms with van der Waals surface area (Å²) in [7, 11) is 1.62. The first-order valence-electron chi connectivity index (χ1n) is 5.89. The van der Waals surface area contributed by atoms with E-state index in [1.165, 1.54) is 0 Å². The molecule has 2 aromatic rings. The van der Waals surface area contributed by atoms with Crippen molar-refractivity contribution in [1.82, 2.24) is 9.97 Å². The molecule has 0 aliphatic heterocycles. The number of aryl methyl sites for hydroxylation is 1. The second-order valence-electron chi connectivity index (χ2n) is 4.31. The number of benzene rings is 1. The molecule has 0 fully saturated rings. The fraction of sp³-hybridized carbons (Fsp3) is 0.286. The molecule has 5 heteroatoms. The second-order valence-corrected chi connectivity index (χ2v) is 5.16.